The van der Waals surface area contributed by atoms with E-state index in [0.717, 1.165) is 40.8 Å². The van der Waals surface area contributed by atoms with Gasteiger partial charge in [0.25, 0.3) is 0 Å². The first kappa shape index (κ1) is 19.8. The zero-order valence-corrected chi connectivity index (χ0v) is 18.1. The van der Waals surface area contributed by atoms with E-state index in [0.29, 0.717) is 16.5 Å². The molecule has 3 heterocycles. The van der Waals surface area contributed by atoms with E-state index in [4.69, 9.17) is 16.6 Å². The largest absolute Gasteiger partial charge is 0.341 e. The molecule has 0 amide bonds. The van der Waals surface area contributed by atoms with Crippen LogP contribution in [0.2, 0.25) is 5.02 Å². The number of hydrogen-bond donors (Lipinski definition) is 1. The fourth-order valence-electron chi connectivity index (χ4n) is 4.27. The number of halogens is 3. The van der Waals surface area contributed by atoms with Crippen molar-refractivity contribution in [2.45, 2.75) is 31.7 Å². The molecule has 1 unspecified atom stereocenters. The number of hydrogen-bond acceptors (Lipinski definition) is 4. The number of nitrogens with zero attached hydrogens (tertiary/aromatic N) is 3. The fourth-order valence-corrected chi connectivity index (χ4v) is 5.50. The Kier molecular flexibility index (Phi) is 5.00. The van der Waals surface area contributed by atoms with Crippen molar-refractivity contribution >= 4 is 39.3 Å². The highest BCUT2D eigenvalue weighted by Gasteiger charge is 2.41. The Morgan fingerprint density at radius 2 is 1.97 bits per heavy atom. The van der Waals surface area contributed by atoms with Crippen LogP contribution in [0.4, 0.5) is 8.78 Å². The van der Waals surface area contributed by atoms with E-state index >= 15 is 0 Å². The maximum Gasteiger partial charge on any atom is 0.126 e. The summed E-state index contributed by atoms with van der Waals surface area (Å²) in [5.41, 5.74) is 2.19. The SMILES string of the molecule is CC1SC(c2cc(F)cc(F)c2)=[C]N1N1CC[C@H](C)[C@H]1c1nc2c(Cl)cccc2[nH]1. The molecule has 30 heavy (non-hydrogen) atoms. The molecular weight excluding hydrogens is 426 g/mol. The molecule has 0 bridgehead atoms. The quantitative estimate of drug-likeness (QED) is 0.537. The van der Waals surface area contributed by atoms with Crippen LogP contribution in [0.25, 0.3) is 15.9 Å². The summed E-state index contributed by atoms with van der Waals surface area (Å²) in [5, 5.41) is 4.97. The number of benzene rings is 2. The summed E-state index contributed by atoms with van der Waals surface area (Å²) in [6, 6.07) is 9.33. The van der Waals surface area contributed by atoms with Gasteiger partial charge in [-0.05, 0) is 49.1 Å². The monoisotopic (exact) mass is 445 g/mol. The number of aromatic nitrogens is 2. The minimum atomic E-state index is -0.585. The third-order valence-electron chi connectivity index (χ3n) is 5.69. The molecule has 1 saturated heterocycles. The summed E-state index contributed by atoms with van der Waals surface area (Å²) in [4.78, 5) is 8.95. The Hall–Kier alpha value is -2.09. The molecule has 155 valence electrons. The second-order valence-electron chi connectivity index (χ2n) is 7.79. The van der Waals surface area contributed by atoms with Crippen LogP contribution < -0.4 is 0 Å². The number of fused-ring (bicyclic) bond motifs is 1. The van der Waals surface area contributed by atoms with Gasteiger partial charge < -0.3 is 4.98 Å². The average molecular weight is 446 g/mol. The molecule has 1 fully saturated rings. The van der Waals surface area contributed by atoms with Crippen LogP contribution in [0.15, 0.2) is 36.4 Å². The maximum absolute atomic E-state index is 13.7. The normalized spacial score (nSPS) is 24.8. The van der Waals surface area contributed by atoms with Gasteiger partial charge in [-0.3, -0.25) is 5.01 Å². The zero-order valence-electron chi connectivity index (χ0n) is 16.5. The van der Waals surface area contributed by atoms with Crippen molar-refractivity contribution in [2.75, 3.05) is 6.54 Å². The lowest BCUT2D eigenvalue weighted by molar-refractivity contribution is -0.0128. The molecule has 5 rings (SSSR count). The summed E-state index contributed by atoms with van der Waals surface area (Å²) in [7, 11) is 0. The molecule has 4 nitrogen and oxygen atoms in total. The van der Waals surface area contributed by atoms with Crippen molar-refractivity contribution in [3.05, 3.63) is 70.6 Å². The fraction of sp³-hybridized carbons (Fsp3) is 0.318. The Morgan fingerprint density at radius 3 is 2.70 bits per heavy atom. The second-order valence-corrected chi connectivity index (χ2v) is 9.53. The van der Waals surface area contributed by atoms with Crippen LogP contribution >= 0.6 is 23.4 Å². The number of aromatic amines is 1. The van der Waals surface area contributed by atoms with Gasteiger partial charge in [0.05, 0.1) is 28.2 Å². The number of hydrazine groups is 1. The molecule has 0 saturated carbocycles. The lowest BCUT2D eigenvalue weighted by Gasteiger charge is -2.35. The van der Waals surface area contributed by atoms with E-state index in [9.17, 15) is 8.78 Å². The highest BCUT2D eigenvalue weighted by molar-refractivity contribution is 8.09. The van der Waals surface area contributed by atoms with Crippen molar-refractivity contribution < 1.29 is 8.78 Å². The number of rotatable bonds is 3. The van der Waals surface area contributed by atoms with E-state index in [1.165, 1.54) is 12.1 Å². The van der Waals surface area contributed by atoms with Crippen LogP contribution in [0.1, 0.15) is 37.7 Å². The number of thioether (sulfide) groups is 1. The minimum absolute atomic E-state index is 0.0348. The zero-order chi connectivity index (χ0) is 21.0. The van der Waals surface area contributed by atoms with Crippen molar-refractivity contribution in [1.29, 1.82) is 0 Å². The summed E-state index contributed by atoms with van der Waals surface area (Å²) in [5.74, 6) is 0.0713. The van der Waals surface area contributed by atoms with Gasteiger partial charge in [0, 0.05) is 17.5 Å². The summed E-state index contributed by atoms with van der Waals surface area (Å²) in [6.45, 7) is 5.12. The standard InChI is InChI=1S/C22H20ClF2N4S/c1-12-6-7-28(21(12)22-26-18-5-3-4-17(23)20(18)27-22)29-11-19(30-13(29)2)14-8-15(24)10-16(25)9-14/h3-5,8-10,12-13,21H,6-7H2,1-2H3,(H,26,27)/t12-,13?,21-/m0/s1. The predicted octanol–water partition coefficient (Wildman–Crippen LogP) is 5.99. The molecule has 2 aliphatic heterocycles. The van der Waals surface area contributed by atoms with Crippen molar-refractivity contribution in [1.82, 2.24) is 20.0 Å². The molecule has 0 aliphatic carbocycles. The van der Waals surface area contributed by atoms with Gasteiger partial charge in [0.15, 0.2) is 0 Å². The Balaban J connectivity index is 1.50. The van der Waals surface area contributed by atoms with Gasteiger partial charge in [-0.15, -0.1) is 0 Å². The van der Waals surface area contributed by atoms with Crippen LogP contribution in [-0.2, 0) is 0 Å². The molecule has 1 radical (unpaired) electrons. The molecular formula is C22H20ClF2N4S. The van der Waals surface area contributed by atoms with E-state index in [1.54, 1.807) is 11.8 Å². The topological polar surface area (TPSA) is 35.2 Å². The molecule has 0 spiro atoms. The smallest absolute Gasteiger partial charge is 0.126 e. The highest BCUT2D eigenvalue weighted by atomic mass is 35.5. The lowest BCUT2D eigenvalue weighted by Crippen LogP contribution is -2.42. The van der Waals surface area contributed by atoms with Gasteiger partial charge >= 0.3 is 0 Å². The van der Waals surface area contributed by atoms with E-state index in [-0.39, 0.29) is 11.4 Å². The summed E-state index contributed by atoms with van der Waals surface area (Å²) < 4.78 is 27.4. The summed E-state index contributed by atoms with van der Waals surface area (Å²) in [6.07, 6.45) is 4.37. The van der Waals surface area contributed by atoms with Crippen LogP contribution in [0, 0.1) is 23.8 Å². The van der Waals surface area contributed by atoms with E-state index in [1.807, 2.05) is 23.2 Å². The Bertz CT molecular complexity index is 1130. The third kappa shape index (κ3) is 3.39. The predicted molar refractivity (Wildman–Crippen MR) is 116 cm³/mol. The molecule has 1 aromatic heterocycles. The molecule has 3 aromatic rings. The number of H-pyrrole nitrogens is 1. The van der Waals surface area contributed by atoms with Crippen LogP contribution in [-0.4, -0.2) is 31.9 Å². The number of para-hydroxylation sites is 1. The van der Waals surface area contributed by atoms with Gasteiger partial charge in [-0.1, -0.05) is 36.4 Å². The van der Waals surface area contributed by atoms with E-state index < -0.39 is 11.6 Å². The molecule has 3 atom stereocenters. The lowest BCUT2D eigenvalue weighted by atomic mass is 10.0. The third-order valence-corrected chi connectivity index (χ3v) is 7.09. The van der Waals surface area contributed by atoms with Crippen LogP contribution in [0.5, 0.6) is 0 Å². The van der Waals surface area contributed by atoms with Gasteiger partial charge in [0.1, 0.15) is 23.0 Å². The Morgan fingerprint density at radius 1 is 1.20 bits per heavy atom. The van der Waals surface area contributed by atoms with Crippen molar-refractivity contribution in [3.8, 4) is 0 Å². The summed E-state index contributed by atoms with van der Waals surface area (Å²) >= 11 is 7.87. The first-order valence-electron chi connectivity index (χ1n) is 9.87. The molecule has 2 aliphatic rings. The second kappa shape index (κ2) is 7.55. The maximum atomic E-state index is 13.7. The molecule has 8 heteroatoms. The number of imidazole rings is 1. The van der Waals surface area contributed by atoms with Crippen molar-refractivity contribution in [2.24, 2.45) is 5.92 Å². The van der Waals surface area contributed by atoms with Gasteiger partial charge in [0.2, 0.25) is 0 Å². The van der Waals surface area contributed by atoms with Crippen LogP contribution in [0.3, 0.4) is 0 Å². The van der Waals surface area contributed by atoms with Gasteiger partial charge in [-0.25, -0.2) is 18.8 Å². The Labute approximate surface area is 182 Å². The molecule has 2 aromatic carbocycles. The number of nitrogens with one attached hydrogen (secondary N) is 1. The first-order valence-corrected chi connectivity index (χ1v) is 11.1. The molecule has 1 N–H and O–H groups in total. The van der Waals surface area contributed by atoms with E-state index in [2.05, 4.69) is 30.0 Å². The van der Waals surface area contributed by atoms with Crippen molar-refractivity contribution in [3.63, 3.8) is 0 Å². The first-order chi connectivity index (χ1) is 14.4. The highest BCUT2D eigenvalue weighted by Crippen LogP contribution is 2.45. The minimum Gasteiger partial charge on any atom is -0.341 e. The average Bonchev–Trinajstić information content (AvgIpc) is 3.37. The van der Waals surface area contributed by atoms with Gasteiger partial charge in [-0.2, -0.15) is 0 Å².